The van der Waals surface area contributed by atoms with E-state index in [2.05, 4.69) is 18.3 Å². The number of likely N-dealkylation sites (N-methyl/N-ethyl adjacent to an activating group) is 1. The third-order valence-corrected chi connectivity index (χ3v) is 2.35. The van der Waals surface area contributed by atoms with Crippen molar-refractivity contribution in [2.75, 3.05) is 7.05 Å². The molecule has 0 spiro atoms. The first-order valence-corrected chi connectivity index (χ1v) is 4.26. The van der Waals surface area contributed by atoms with Gasteiger partial charge in [0.25, 0.3) is 0 Å². The highest BCUT2D eigenvalue weighted by molar-refractivity contribution is 5.40. The van der Waals surface area contributed by atoms with Crippen LogP contribution in [0.5, 0.6) is 5.75 Å². The summed E-state index contributed by atoms with van der Waals surface area (Å²) in [5, 5.41) is 3.24. The normalized spacial score (nSPS) is 26.5. The van der Waals surface area contributed by atoms with Crippen LogP contribution < -0.4 is 10.1 Å². The summed E-state index contributed by atoms with van der Waals surface area (Å²) in [6.45, 7) is 2.08. The standard InChI is InChI=1S/C10H13NO/c1-7-10(11-2)8-5-3-4-6-9(8)12-7/h3-7,10-11H,1-2H3. The minimum Gasteiger partial charge on any atom is -0.488 e. The fraction of sp³-hybridized carbons (Fsp3) is 0.400. The van der Waals surface area contributed by atoms with Gasteiger partial charge in [-0.15, -0.1) is 0 Å². The van der Waals surface area contributed by atoms with Crippen molar-refractivity contribution in [3.8, 4) is 5.75 Å². The smallest absolute Gasteiger partial charge is 0.124 e. The zero-order valence-corrected chi connectivity index (χ0v) is 7.37. The van der Waals surface area contributed by atoms with Crippen molar-refractivity contribution in [1.29, 1.82) is 0 Å². The molecule has 0 radical (unpaired) electrons. The summed E-state index contributed by atoms with van der Waals surface area (Å²) in [5.41, 5.74) is 1.27. The van der Waals surface area contributed by atoms with Crippen LogP contribution in [0.2, 0.25) is 0 Å². The number of fused-ring (bicyclic) bond motifs is 1. The van der Waals surface area contributed by atoms with E-state index in [1.165, 1.54) is 5.56 Å². The Morgan fingerprint density at radius 2 is 2.08 bits per heavy atom. The Hall–Kier alpha value is -1.02. The lowest BCUT2D eigenvalue weighted by atomic mass is 10.1. The van der Waals surface area contributed by atoms with E-state index in [1.54, 1.807) is 0 Å². The summed E-state index contributed by atoms with van der Waals surface area (Å²) < 4.78 is 5.65. The first kappa shape index (κ1) is 7.62. The molecule has 0 bridgehead atoms. The van der Waals surface area contributed by atoms with Crippen molar-refractivity contribution in [3.05, 3.63) is 29.8 Å². The lowest BCUT2D eigenvalue weighted by molar-refractivity contribution is 0.214. The van der Waals surface area contributed by atoms with Crippen LogP contribution in [0.25, 0.3) is 0 Å². The molecule has 0 saturated carbocycles. The molecule has 2 nitrogen and oxygen atoms in total. The van der Waals surface area contributed by atoms with Crippen LogP contribution in [0.3, 0.4) is 0 Å². The van der Waals surface area contributed by atoms with E-state index in [9.17, 15) is 0 Å². The molecule has 12 heavy (non-hydrogen) atoms. The van der Waals surface area contributed by atoms with Crippen molar-refractivity contribution >= 4 is 0 Å². The number of ether oxygens (including phenoxy) is 1. The number of nitrogens with one attached hydrogen (secondary N) is 1. The zero-order valence-electron chi connectivity index (χ0n) is 7.37. The predicted octanol–water partition coefficient (Wildman–Crippen LogP) is 1.73. The van der Waals surface area contributed by atoms with Crippen LogP contribution >= 0.6 is 0 Å². The second-order valence-electron chi connectivity index (χ2n) is 3.13. The molecule has 2 heteroatoms. The summed E-state index contributed by atoms with van der Waals surface area (Å²) >= 11 is 0. The Kier molecular flexibility index (Phi) is 1.77. The fourth-order valence-electron chi connectivity index (χ4n) is 1.76. The summed E-state index contributed by atoms with van der Waals surface area (Å²) in [6.07, 6.45) is 0.243. The average molecular weight is 163 g/mol. The van der Waals surface area contributed by atoms with Crippen LogP contribution in [0.15, 0.2) is 24.3 Å². The molecule has 2 rings (SSSR count). The molecule has 0 aromatic heterocycles. The Morgan fingerprint density at radius 1 is 1.33 bits per heavy atom. The largest absolute Gasteiger partial charge is 0.488 e. The third-order valence-electron chi connectivity index (χ3n) is 2.35. The third kappa shape index (κ3) is 0.994. The number of hydrogen-bond donors (Lipinski definition) is 1. The topological polar surface area (TPSA) is 21.3 Å². The van der Waals surface area contributed by atoms with Crippen LogP contribution in [0, 0.1) is 0 Å². The average Bonchev–Trinajstić information content (AvgIpc) is 2.40. The highest BCUT2D eigenvalue weighted by atomic mass is 16.5. The number of rotatable bonds is 1. The van der Waals surface area contributed by atoms with E-state index >= 15 is 0 Å². The van der Waals surface area contributed by atoms with Crippen molar-refractivity contribution < 1.29 is 4.74 Å². The summed E-state index contributed by atoms with van der Waals surface area (Å²) in [7, 11) is 1.96. The Bertz CT molecular complexity index is 285. The first-order valence-electron chi connectivity index (χ1n) is 4.26. The van der Waals surface area contributed by atoms with Gasteiger partial charge < -0.3 is 10.1 Å². The lowest BCUT2D eigenvalue weighted by Gasteiger charge is -2.12. The molecule has 1 N–H and O–H groups in total. The maximum Gasteiger partial charge on any atom is 0.124 e. The number of hydrogen-bond acceptors (Lipinski definition) is 2. The second-order valence-corrected chi connectivity index (χ2v) is 3.13. The molecule has 0 fully saturated rings. The Balaban J connectivity index is 2.40. The van der Waals surface area contributed by atoms with E-state index < -0.39 is 0 Å². The van der Waals surface area contributed by atoms with E-state index in [4.69, 9.17) is 4.74 Å². The quantitative estimate of drug-likeness (QED) is 0.680. The molecular formula is C10H13NO. The maximum atomic E-state index is 5.65. The lowest BCUT2D eigenvalue weighted by Crippen LogP contribution is -2.25. The molecule has 1 heterocycles. The van der Waals surface area contributed by atoms with E-state index in [0.717, 1.165) is 5.75 Å². The highest BCUT2D eigenvalue weighted by Crippen LogP contribution is 2.35. The monoisotopic (exact) mass is 163 g/mol. The van der Waals surface area contributed by atoms with Crippen LogP contribution in [0.1, 0.15) is 18.5 Å². The second kappa shape index (κ2) is 2.79. The first-order chi connectivity index (χ1) is 5.83. The highest BCUT2D eigenvalue weighted by Gasteiger charge is 2.28. The Labute approximate surface area is 72.5 Å². The molecule has 1 aliphatic rings. The van der Waals surface area contributed by atoms with Gasteiger partial charge in [0.2, 0.25) is 0 Å². The van der Waals surface area contributed by atoms with Gasteiger partial charge in [-0.1, -0.05) is 18.2 Å². The molecular weight excluding hydrogens is 150 g/mol. The number of benzene rings is 1. The van der Waals surface area contributed by atoms with Gasteiger partial charge in [-0.3, -0.25) is 0 Å². The summed E-state index contributed by atoms with van der Waals surface area (Å²) in [6, 6.07) is 8.53. The summed E-state index contributed by atoms with van der Waals surface area (Å²) in [5.74, 6) is 1.02. The van der Waals surface area contributed by atoms with Crippen LogP contribution in [-0.4, -0.2) is 13.2 Å². The van der Waals surface area contributed by atoms with E-state index in [0.29, 0.717) is 6.04 Å². The van der Waals surface area contributed by atoms with Crippen molar-refractivity contribution in [2.45, 2.75) is 19.1 Å². The van der Waals surface area contributed by atoms with Crippen LogP contribution in [-0.2, 0) is 0 Å². The van der Waals surface area contributed by atoms with Crippen LogP contribution in [0.4, 0.5) is 0 Å². The van der Waals surface area contributed by atoms with Gasteiger partial charge in [0.15, 0.2) is 0 Å². The van der Waals surface area contributed by atoms with Gasteiger partial charge in [0.1, 0.15) is 11.9 Å². The SMILES string of the molecule is CNC1c2ccccc2OC1C. The number of para-hydroxylation sites is 1. The van der Waals surface area contributed by atoms with E-state index in [1.807, 2.05) is 25.2 Å². The van der Waals surface area contributed by atoms with Crippen molar-refractivity contribution in [1.82, 2.24) is 5.32 Å². The van der Waals surface area contributed by atoms with E-state index in [-0.39, 0.29) is 6.10 Å². The molecule has 2 unspecified atom stereocenters. The van der Waals surface area contributed by atoms with Gasteiger partial charge >= 0.3 is 0 Å². The van der Waals surface area contributed by atoms with Gasteiger partial charge in [-0.2, -0.15) is 0 Å². The molecule has 0 amide bonds. The fourth-order valence-corrected chi connectivity index (χ4v) is 1.76. The maximum absolute atomic E-state index is 5.65. The summed E-state index contributed by atoms with van der Waals surface area (Å²) in [4.78, 5) is 0. The molecule has 1 aliphatic heterocycles. The van der Waals surface area contributed by atoms with Crippen molar-refractivity contribution in [2.24, 2.45) is 0 Å². The van der Waals surface area contributed by atoms with Gasteiger partial charge in [-0.05, 0) is 20.0 Å². The van der Waals surface area contributed by atoms with Gasteiger partial charge in [0.05, 0.1) is 6.04 Å². The molecule has 0 aliphatic carbocycles. The van der Waals surface area contributed by atoms with Gasteiger partial charge in [-0.25, -0.2) is 0 Å². The minimum absolute atomic E-state index is 0.243. The molecule has 2 atom stereocenters. The molecule has 0 saturated heterocycles. The Morgan fingerprint density at radius 3 is 2.83 bits per heavy atom. The molecule has 1 aromatic rings. The predicted molar refractivity (Wildman–Crippen MR) is 48.3 cm³/mol. The molecule has 64 valence electrons. The zero-order chi connectivity index (χ0) is 8.55. The van der Waals surface area contributed by atoms with Crippen molar-refractivity contribution in [3.63, 3.8) is 0 Å². The minimum atomic E-state index is 0.243. The molecule has 1 aromatic carbocycles. The van der Waals surface area contributed by atoms with Gasteiger partial charge in [0, 0.05) is 5.56 Å².